The minimum Gasteiger partial charge on any atom is -0.496 e. The largest absolute Gasteiger partial charge is 0.496 e. The van der Waals surface area contributed by atoms with Gasteiger partial charge in [0, 0.05) is 10.0 Å². The first-order chi connectivity index (χ1) is 61.7. The van der Waals surface area contributed by atoms with Crippen LogP contribution in [0.5, 0.6) is 11.5 Å². The molecule has 0 bridgehead atoms. The molecule has 632 valence electrons. The number of nitrogens with one attached hydrogen (secondary N) is 15. The molecule has 20 aromatic rings. The van der Waals surface area contributed by atoms with Crippen molar-refractivity contribution in [2.75, 3.05) is 40.8 Å². The minimum atomic E-state index is -0.952. The molecule has 0 saturated carbocycles. The second-order valence-electron chi connectivity index (χ2n) is 27.8. The third-order valence-corrected chi connectivity index (χ3v) is 20.1. The quantitative estimate of drug-likeness (QED) is 0.0403. The van der Waals surface area contributed by atoms with E-state index in [2.05, 4.69) is 127 Å². The van der Waals surface area contributed by atoms with Crippen LogP contribution in [0.1, 0.15) is 62.9 Å². The number of amides is 5. The van der Waals surface area contributed by atoms with E-state index in [0.717, 1.165) is 67.4 Å². The number of benzene rings is 10. The van der Waals surface area contributed by atoms with Crippen LogP contribution < -0.4 is 36.1 Å². The lowest BCUT2D eigenvalue weighted by molar-refractivity contribution is 0.101. The van der Waals surface area contributed by atoms with Gasteiger partial charge in [-0.3, -0.25) is 49.5 Å². The monoisotopic (exact) mass is 1760 g/mol. The molecule has 0 saturated heterocycles. The number of hydrogen-bond donors (Lipinski definition) is 15. The lowest BCUT2D eigenvalue weighted by atomic mass is 10.1. The average molecular weight is 1760 g/mol. The van der Waals surface area contributed by atoms with Crippen molar-refractivity contribution in [2.45, 2.75) is 13.8 Å². The van der Waals surface area contributed by atoms with E-state index in [1.54, 1.807) is 80.0 Å². The standard InChI is InChI=1S/C19H17N5O2.C18H12ClF2N5O.C18H14ClN5O2.C17H12ClN5O.C17H12FN5O/c1-11-7-8-12(16(9-11)26-2)19(25)23-15-10-20-24-17(15)18-21-13-5-3-4-6-14(13)22-18;1-8-5-9(19)6-12-15(8)25-17(23-12)16-13(7-22-26-16)24-18(27)14-10(20)3-2-4-11(14)21;1-26-15-8-10(19)6-7-11(15)18(25)23-14-9-20-24-16(14)17-21-12-4-2-3-5-13(12)22-17;2*18-11-6-2-1-5-10(11)17(24)22-14-9-19-23-15(14)16-20-12-7-3-4-8-13(12)21-16/h3-10H,1-2H3,(H,20,24)(H,21,22)(H,23,25);2-7H,1H3,(H,22,26)(H,23,25)(H,24,27);2-9H,1H3,(H,20,24)(H,21,22)(H,23,25);2*1-9H,(H,19,23)(H,20,21)(H,22,24). The number of aromatic amines is 10. The number of halogens is 6. The van der Waals surface area contributed by atoms with Crippen LogP contribution in [0.4, 0.5) is 41.6 Å². The first-order valence-corrected chi connectivity index (χ1v) is 39.4. The highest BCUT2D eigenvalue weighted by Crippen LogP contribution is 2.35. The molecule has 0 spiro atoms. The van der Waals surface area contributed by atoms with Crippen LogP contribution in [-0.4, -0.2) is 145 Å². The summed E-state index contributed by atoms with van der Waals surface area (Å²) < 4.78 is 51.9. The van der Waals surface area contributed by atoms with E-state index in [1.807, 2.05) is 123 Å². The molecule has 10 aromatic carbocycles. The molecule has 15 N–H and O–H groups in total. The van der Waals surface area contributed by atoms with Gasteiger partial charge in [0.2, 0.25) is 0 Å². The second kappa shape index (κ2) is 37.3. The number of ether oxygens (including phenoxy) is 2. The number of rotatable bonds is 17. The highest BCUT2D eigenvalue weighted by molar-refractivity contribution is 6.34. The van der Waals surface area contributed by atoms with Gasteiger partial charge in [-0.1, -0.05) is 120 Å². The highest BCUT2D eigenvalue weighted by Gasteiger charge is 2.26. The summed E-state index contributed by atoms with van der Waals surface area (Å²) >= 11 is 18.1. The van der Waals surface area contributed by atoms with Crippen LogP contribution in [0, 0.1) is 31.3 Å². The van der Waals surface area contributed by atoms with E-state index >= 15 is 0 Å². The van der Waals surface area contributed by atoms with E-state index in [0.29, 0.717) is 135 Å². The van der Waals surface area contributed by atoms with Crippen molar-refractivity contribution in [3.05, 3.63) is 315 Å². The van der Waals surface area contributed by atoms with Gasteiger partial charge in [0.1, 0.15) is 63.0 Å². The molecule has 38 heteroatoms. The van der Waals surface area contributed by atoms with E-state index < -0.39 is 34.8 Å². The molecule has 32 nitrogen and oxygen atoms in total. The molecule has 0 atom stereocenters. The molecule has 0 fully saturated rings. The Kier molecular flexibility index (Phi) is 24.6. The van der Waals surface area contributed by atoms with Crippen LogP contribution in [0.2, 0.25) is 15.1 Å². The van der Waals surface area contributed by atoms with Gasteiger partial charge in [0.15, 0.2) is 29.1 Å². The molecule has 0 aliphatic carbocycles. The summed E-state index contributed by atoms with van der Waals surface area (Å²) in [5, 5.41) is 49.1. The van der Waals surface area contributed by atoms with Crippen molar-refractivity contribution in [1.29, 1.82) is 0 Å². The number of aryl methyl sites for hydroxylation is 2. The summed E-state index contributed by atoms with van der Waals surface area (Å²) in [6.45, 7) is 3.81. The number of imidazole rings is 5. The summed E-state index contributed by atoms with van der Waals surface area (Å²) in [7, 11) is 3.03. The van der Waals surface area contributed by atoms with Crippen molar-refractivity contribution in [3.63, 3.8) is 0 Å². The fraction of sp³-hybridized carbons (Fsp3) is 0.0449. The Balaban J connectivity index is 0.000000117. The Labute approximate surface area is 729 Å². The zero-order chi connectivity index (χ0) is 88.4. The number of para-hydroxylation sites is 8. The number of anilines is 5. The number of H-pyrrole nitrogens is 10. The van der Waals surface area contributed by atoms with Crippen LogP contribution in [0.25, 0.3) is 113 Å². The highest BCUT2D eigenvalue weighted by atomic mass is 35.5. The van der Waals surface area contributed by atoms with E-state index in [9.17, 15) is 37.1 Å². The predicted octanol–water partition coefficient (Wildman–Crippen LogP) is 19.0. The van der Waals surface area contributed by atoms with Gasteiger partial charge in [-0.05, 0) is 152 Å². The normalized spacial score (nSPS) is 10.9. The maximum Gasteiger partial charge on any atom is 0.261 e. The summed E-state index contributed by atoms with van der Waals surface area (Å²) in [6, 6.07) is 60.3. The molecule has 0 aliphatic rings. The molecule has 0 unspecified atom stereocenters. The number of carbonyl (C=O) groups is 5. The third kappa shape index (κ3) is 18.7. The lowest BCUT2D eigenvalue weighted by Crippen LogP contribution is -2.16. The van der Waals surface area contributed by atoms with Gasteiger partial charge in [0.25, 0.3) is 29.5 Å². The van der Waals surface area contributed by atoms with Crippen LogP contribution in [-0.2, 0) is 0 Å². The Morgan fingerprint density at radius 2 is 0.661 bits per heavy atom. The SMILES string of the molecule is COc1cc(C)ccc1C(=O)Nc1cn[nH]c1-c1nc2ccccc2[nH]1.COc1cc(Cl)ccc1C(=O)Nc1cn[nH]c1-c1nc2ccccc2[nH]1.Cc1cc(Cl)cc2[nH]c(-c3[nH]ncc3NC(=O)c3c(F)cccc3F)nc12.O=C(Nc1cn[nH]c1-c1nc2ccccc2[nH]1)c1ccccc1Cl.O=C(Nc1cn[nH]c1-c1nc2ccccc2[nH]1)c1ccccc1F. The Morgan fingerprint density at radius 1 is 0.323 bits per heavy atom. The molecular formula is C89H67Cl3F3N25O7. The van der Waals surface area contributed by atoms with Crippen molar-refractivity contribution in [2.24, 2.45) is 0 Å². The fourth-order valence-electron chi connectivity index (χ4n) is 13.2. The van der Waals surface area contributed by atoms with Crippen LogP contribution >= 0.6 is 34.8 Å². The first-order valence-electron chi connectivity index (χ1n) is 38.3. The van der Waals surface area contributed by atoms with Crippen molar-refractivity contribution in [3.8, 4) is 69.1 Å². The molecule has 127 heavy (non-hydrogen) atoms. The van der Waals surface area contributed by atoms with Crippen LogP contribution in [0.3, 0.4) is 0 Å². The van der Waals surface area contributed by atoms with Crippen molar-refractivity contribution < 1.29 is 46.6 Å². The summed E-state index contributed by atoms with van der Waals surface area (Å²) in [5.41, 5.74) is 15.6. The topological polar surface area (TPSA) is 451 Å². The molecule has 20 rings (SSSR count). The average Bonchev–Trinajstić information content (AvgIpc) is 1.68. The fourth-order valence-corrected chi connectivity index (χ4v) is 13.9. The zero-order valence-corrected chi connectivity index (χ0v) is 69.0. The van der Waals surface area contributed by atoms with E-state index in [1.165, 1.54) is 56.2 Å². The number of aromatic nitrogens is 20. The van der Waals surface area contributed by atoms with Gasteiger partial charge in [-0.25, -0.2) is 38.1 Å². The molecule has 10 aromatic heterocycles. The van der Waals surface area contributed by atoms with E-state index in [-0.39, 0.29) is 29.0 Å². The number of hydrogen-bond acceptors (Lipinski definition) is 17. The second-order valence-corrected chi connectivity index (χ2v) is 29.1. The van der Waals surface area contributed by atoms with E-state index in [4.69, 9.17) is 44.3 Å². The lowest BCUT2D eigenvalue weighted by Gasteiger charge is -2.09. The zero-order valence-electron chi connectivity index (χ0n) is 66.7. The van der Waals surface area contributed by atoms with Gasteiger partial charge >= 0.3 is 0 Å². The van der Waals surface area contributed by atoms with Crippen LogP contribution in [0.15, 0.2) is 243 Å². The summed E-state index contributed by atoms with van der Waals surface area (Å²) in [5.74, 6) is -1.23. The van der Waals surface area contributed by atoms with Gasteiger partial charge in [-0.15, -0.1) is 0 Å². The Bertz CT molecular complexity index is 6990. The van der Waals surface area contributed by atoms with Crippen molar-refractivity contribution >= 4 is 148 Å². The molecule has 0 radical (unpaired) electrons. The Hall–Kier alpha value is -16.8. The minimum absolute atomic E-state index is 0.0331. The number of nitrogens with zero attached hydrogens (tertiary/aromatic N) is 10. The Morgan fingerprint density at radius 3 is 1.07 bits per heavy atom. The number of methoxy groups -OCH3 is 2. The molecule has 0 aliphatic heterocycles. The summed E-state index contributed by atoms with van der Waals surface area (Å²) in [6.07, 6.45) is 7.42. The van der Waals surface area contributed by atoms with Gasteiger partial charge < -0.3 is 61.0 Å². The van der Waals surface area contributed by atoms with Crippen molar-refractivity contribution in [1.82, 2.24) is 101 Å². The predicted molar refractivity (Wildman–Crippen MR) is 478 cm³/mol. The maximum absolute atomic E-state index is 13.8. The van der Waals surface area contributed by atoms with Gasteiger partial charge in [-0.2, -0.15) is 25.5 Å². The summed E-state index contributed by atoms with van der Waals surface area (Å²) in [4.78, 5) is 101. The molecule has 10 heterocycles. The molecule has 5 amide bonds. The van der Waals surface area contributed by atoms with Gasteiger partial charge in [0.05, 0.1) is 156 Å². The smallest absolute Gasteiger partial charge is 0.261 e. The third-order valence-electron chi connectivity index (χ3n) is 19.4. The molecular weight excluding hydrogens is 1690 g/mol. The first kappa shape index (κ1) is 83.8. The number of carbonyl (C=O) groups excluding carboxylic acids is 5. The number of fused-ring (bicyclic) bond motifs is 5. The maximum atomic E-state index is 13.8.